The van der Waals surface area contributed by atoms with Gasteiger partial charge in [0.05, 0.1) is 4.92 Å². The molecule has 0 radical (unpaired) electrons. The van der Waals surface area contributed by atoms with Crippen LogP contribution in [0.4, 0.5) is 5.69 Å². The number of ether oxygens (including phenoxy) is 1. The normalized spacial score (nSPS) is 10.7. The van der Waals surface area contributed by atoms with Crippen LogP contribution in [0.15, 0.2) is 52.9 Å². The number of carbonyl (C=O) groups is 1. The highest BCUT2D eigenvalue weighted by molar-refractivity contribution is 6.31. The number of fused-ring (bicyclic) bond motifs is 1. The molecule has 0 atom stereocenters. The molecule has 1 aromatic heterocycles. The summed E-state index contributed by atoms with van der Waals surface area (Å²) in [7, 11) is 0. The minimum atomic E-state index is -0.615. The van der Waals surface area contributed by atoms with Crippen molar-refractivity contribution < 1.29 is 18.9 Å². The van der Waals surface area contributed by atoms with Crippen LogP contribution in [0.2, 0.25) is 5.02 Å². The van der Waals surface area contributed by atoms with Gasteiger partial charge >= 0.3 is 5.97 Å². The Balaban J connectivity index is 1.69. The summed E-state index contributed by atoms with van der Waals surface area (Å²) in [6.45, 7) is -0.00533. The van der Waals surface area contributed by atoms with Gasteiger partial charge in [-0.2, -0.15) is 0 Å². The van der Waals surface area contributed by atoms with E-state index in [4.69, 9.17) is 20.8 Å². The van der Waals surface area contributed by atoms with Crippen LogP contribution in [-0.4, -0.2) is 10.9 Å². The van der Waals surface area contributed by atoms with E-state index >= 15 is 0 Å². The Morgan fingerprint density at radius 3 is 2.61 bits per heavy atom. The van der Waals surface area contributed by atoms with Crippen molar-refractivity contribution in [3.05, 3.63) is 75.0 Å². The lowest BCUT2D eigenvalue weighted by Gasteiger charge is -2.02. The summed E-state index contributed by atoms with van der Waals surface area (Å²) in [5.41, 5.74) is 1.16. The third-order valence-corrected chi connectivity index (χ3v) is 3.43. The largest absolute Gasteiger partial charge is 0.455 e. The molecular weight excluding hydrogens is 322 g/mol. The fourth-order valence-corrected chi connectivity index (χ4v) is 2.23. The molecule has 1 heterocycles. The van der Waals surface area contributed by atoms with Crippen LogP contribution in [0.1, 0.15) is 16.1 Å². The van der Waals surface area contributed by atoms with E-state index in [-0.39, 0.29) is 18.1 Å². The van der Waals surface area contributed by atoms with E-state index in [2.05, 4.69) is 0 Å². The molecule has 0 saturated heterocycles. The Morgan fingerprint density at radius 2 is 1.91 bits per heavy atom. The van der Waals surface area contributed by atoms with Gasteiger partial charge < -0.3 is 9.15 Å². The first-order valence-corrected chi connectivity index (χ1v) is 7.00. The first-order chi connectivity index (χ1) is 11.0. The lowest BCUT2D eigenvalue weighted by molar-refractivity contribution is -0.384. The molecule has 0 amide bonds. The smallest absolute Gasteiger partial charge is 0.374 e. The SMILES string of the molecule is O=C(OCc1ccc([N+](=O)[O-])cc1)c1cc2cc(Cl)ccc2o1. The number of non-ortho nitro benzene ring substituents is 1. The summed E-state index contributed by atoms with van der Waals surface area (Å²) < 4.78 is 10.5. The second-order valence-corrected chi connectivity index (χ2v) is 5.23. The number of nitro groups is 1. The zero-order valence-electron chi connectivity index (χ0n) is 11.7. The van der Waals surface area contributed by atoms with Crippen molar-refractivity contribution >= 4 is 34.2 Å². The molecule has 0 fully saturated rings. The van der Waals surface area contributed by atoms with Crippen molar-refractivity contribution in [1.29, 1.82) is 0 Å². The van der Waals surface area contributed by atoms with E-state index in [1.165, 1.54) is 24.3 Å². The maximum absolute atomic E-state index is 12.0. The zero-order valence-corrected chi connectivity index (χ0v) is 12.4. The predicted molar refractivity (Wildman–Crippen MR) is 83.4 cm³/mol. The van der Waals surface area contributed by atoms with Gasteiger partial charge in [0.15, 0.2) is 0 Å². The van der Waals surface area contributed by atoms with E-state index in [0.29, 0.717) is 21.6 Å². The minimum Gasteiger partial charge on any atom is -0.455 e. The van der Waals surface area contributed by atoms with Crippen molar-refractivity contribution in [1.82, 2.24) is 0 Å². The second-order valence-electron chi connectivity index (χ2n) is 4.79. The summed E-state index contributed by atoms with van der Waals surface area (Å²) in [6.07, 6.45) is 0. The van der Waals surface area contributed by atoms with Crippen molar-refractivity contribution in [3.8, 4) is 0 Å². The molecule has 0 N–H and O–H groups in total. The van der Waals surface area contributed by atoms with E-state index < -0.39 is 10.9 Å². The number of nitro benzene ring substituents is 1. The van der Waals surface area contributed by atoms with Gasteiger partial charge in [0.2, 0.25) is 5.76 Å². The standard InChI is InChI=1S/C16H10ClNO5/c17-12-3-6-14-11(7-12)8-15(23-14)16(19)22-9-10-1-4-13(5-2-10)18(20)21/h1-8H,9H2. The average molecular weight is 332 g/mol. The molecule has 0 saturated carbocycles. The van der Waals surface area contributed by atoms with E-state index in [1.54, 1.807) is 24.3 Å². The highest BCUT2D eigenvalue weighted by Gasteiger charge is 2.14. The second kappa shape index (κ2) is 6.10. The van der Waals surface area contributed by atoms with Gasteiger partial charge in [-0.05, 0) is 42.0 Å². The molecule has 0 unspecified atom stereocenters. The summed E-state index contributed by atoms with van der Waals surface area (Å²) >= 11 is 5.88. The fourth-order valence-electron chi connectivity index (χ4n) is 2.05. The molecule has 0 aliphatic rings. The van der Waals surface area contributed by atoms with Crippen molar-refractivity contribution in [2.75, 3.05) is 0 Å². The number of furan rings is 1. The number of carbonyl (C=O) groups excluding carboxylic acids is 1. The first kappa shape index (κ1) is 15.1. The predicted octanol–water partition coefficient (Wildman–Crippen LogP) is 4.35. The first-order valence-electron chi connectivity index (χ1n) is 6.62. The van der Waals surface area contributed by atoms with Crippen LogP contribution in [0, 0.1) is 10.1 Å². The summed E-state index contributed by atoms with van der Waals surface area (Å²) in [5, 5.41) is 11.8. The quantitative estimate of drug-likeness (QED) is 0.403. The van der Waals surface area contributed by atoms with Gasteiger partial charge in [-0.1, -0.05) is 11.6 Å². The molecule has 0 aliphatic carbocycles. The highest BCUT2D eigenvalue weighted by atomic mass is 35.5. The Hall–Kier alpha value is -2.86. The maximum atomic E-state index is 12.0. The zero-order chi connectivity index (χ0) is 16.4. The monoisotopic (exact) mass is 331 g/mol. The van der Waals surface area contributed by atoms with Crippen molar-refractivity contribution in [2.45, 2.75) is 6.61 Å². The van der Waals surface area contributed by atoms with Crippen LogP contribution in [0.25, 0.3) is 11.0 Å². The van der Waals surface area contributed by atoms with Gasteiger partial charge in [-0.15, -0.1) is 0 Å². The van der Waals surface area contributed by atoms with Crippen LogP contribution in [0.5, 0.6) is 0 Å². The van der Waals surface area contributed by atoms with Crippen LogP contribution in [-0.2, 0) is 11.3 Å². The van der Waals surface area contributed by atoms with E-state index in [9.17, 15) is 14.9 Å². The van der Waals surface area contributed by atoms with Gasteiger partial charge in [0.25, 0.3) is 5.69 Å². The Kier molecular flexibility index (Phi) is 3.99. The molecule has 6 nitrogen and oxygen atoms in total. The number of esters is 1. The summed E-state index contributed by atoms with van der Waals surface area (Å²) in [6, 6.07) is 12.4. The van der Waals surface area contributed by atoms with Gasteiger partial charge in [0, 0.05) is 22.5 Å². The lowest BCUT2D eigenvalue weighted by Crippen LogP contribution is -2.03. The highest BCUT2D eigenvalue weighted by Crippen LogP contribution is 2.23. The van der Waals surface area contributed by atoms with Crippen LogP contribution in [0.3, 0.4) is 0 Å². The molecule has 23 heavy (non-hydrogen) atoms. The molecular formula is C16H10ClNO5. The third-order valence-electron chi connectivity index (χ3n) is 3.20. The topological polar surface area (TPSA) is 82.6 Å². The third kappa shape index (κ3) is 3.32. The molecule has 0 bridgehead atoms. The Morgan fingerprint density at radius 1 is 1.17 bits per heavy atom. The van der Waals surface area contributed by atoms with Crippen molar-refractivity contribution in [3.63, 3.8) is 0 Å². The Labute approximate surface area is 135 Å². The number of rotatable bonds is 4. The fraction of sp³-hybridized carbons (Fsp3) is 0.0625. The van der Waals surface area contributed by atoms with Gasteiger partial charge in [0.1, 0.15) is 12.2 Å². The summed E-state index contributed by atoms with van der Waals surface area (Å²) in [4.78, 5) is 22.1. The number of halogens is 1. The molecule has 7 heteroatoms. The molecule has 3 rings (SSSR count). The number of benzene rings is 2. The number of hydrogen-bond acceptors (Lipinski definition) is 5. The molecule has 0 spiro atoms. The molecule has 3 aromatic rings. The van der Waals surface area contributed by atoms with Gasteiger partial charge in [-0.25, -0.2) is 4.79 Å². The summed E-state index contributed by atoms with van der Waals surface area (Å²) in [5.74, 6) is -0.542. The van der Waals surface area contributed by atoms with Crippen LogP contribution < -0.4 is 0 Å². The van der Waals surface area contributed by atoms with E-state index in [0.717, 1.165) is 0 Å². The minimum absolute atomic E-state index is 0.00533. The maximum Gasteiger partial charge on any atom is 0.374 e. The number of nitrogens with zero attached hydrogens (tertiary/aromatic N) is 1. The van der Waals surface area contributed by atoms with Gasteiger partial charge in [-0.3, -0.25) is 10.1 Å². The Bertz CT molecular complexity index is 885. The van der Waals surface area contributed by atoms with Crippen LogP contribution >= 0.6 is 11.6 Å². The van der Waals surface area contributed by atoms with Crippen molar-refractivity contribution in [2.24, 2.45) is 0 Å². The average Bonchev–Trinajstić information content (AvgIpc) is 2.96. The molecule has 2 aromatic carbocycles. The molecule has 116 valence electrons. The number of hydrogen-bond donors (Lipinski definition) is 0. The van der Waals surface area contributed by atoms with E-state index in [1.807, 2.05) is 0 Å². The molecule has 0 aliphatic heterocycles. The lowest BCUT2D eigenvalue weighted by atomic mass is 10.2.